The molecule has 86 valence electrons. The summed E-state index contributed by atoms with van der Waals surface area (Å²) < 4.78 is 5.32. The van der Waals surface area contributed by atoms with Crippen LogP contribution in [0, 0.1) is 0 Å². The lowest BCUT2D eigenvalue weighted by atomic mass is 10.1. The number of ether oxygens (including phenoxy) is 1. The summed E-state index contributed by atoms with van der Waals surface area (Å²) in [5, 5.41) is 0. The highest BCUT2D eigenvalue weighted by Gasteiger charge is 2.23. The lowest BCUT2D eigenvalue weighted by Crippen LogP contribution is -1.90. The Morgan fingerprint density at radius 3 is 2.76 bits per heavy atom. The molecule has 3 nitrogen and oxygen atoms in total. The fourth-order valence-corrected chi connectivity index (χ4v) is 2.33. The van der Waals surface area contributed by atoms with Gasteiger partial charge in [-0.1, -0.05) is 12.1 Å². The molecule has 1 aliphatic carbocycles. The smallest absolute Gasteiger partial charge is 0.165 e. The number of aromatic nitrogens is 1. The van der Waals surface area contributed by atoms with Crippen molar-refractivity contribution in [2.45, 2.75) is 12.8 Å². The summed E-state index contributed by atoms with van der Waals surface area (Å²) in [6.07, 6.45) is 1.46. The molecule has 0 spiro atoms. The molecule has 0 saturated heterocycles. The molecule has 0 fully saturated rings. The summed E-state index contributed by atoms with van der Waals surface area (Å²) in [4.78, 5) is 14.9. The van der Waals surface area contributed by atoms with Crippen LogP contribution in [0.25, 0.3) is 11.3 Å². The molecule has 1 heterocycles. The largest absolute Gasteiger partial charge is 0.496 e. The Labute approximate surface area is 99.4 Å². The molecular weight excluding hydrogens is 214 g/mol. The number of aromatic amines is 1. The molecule has 1 aromatic heterocycles. The van der Waals surface area contributed by atoms with Crippen molar-refractivity contribution in [3.05, 3.63) is 41.6 Å². The zero-order valence-corrected chi connectivity index (χ0v) is 9.62. The van der Waals surface area contributed by atoms with Crippen LogP contribution in [-0.4, -0.2) is 17.9 Å². The van der Waals surface area contributed by atoms with Crippen LogP contribution in [0.4, 0.5) is 0 Å². The fraction of sp³-hybridized carbons (Fsp3) is 0.214. The van der Waals surface area contributed by atoms with E-state index in [-0.39, 0.29) is 5.78 Å². The van der Waals surface area contributed by atoms with Crippen molar-refractivity contribution in [1.29, 1.82) is 0 Å². The Bertz CT molecular complexity index is 584. The number of aryl methyl sites for hydroxylation is 1. The predicted molar refractivity (Wildman–Crippen MR) is 65.4 cm³/mol. The number of hydrogen-bond acceptors (Lipinski definition) is 2. The molecule has 1 aromatic carbocycles. The van der Waals surface area contributed by atoms with Crippen LogP contribution in [0.5, 0.6) is 5.75 Å². The van der Waals surface area contributed by atoms with Gasteiger partial charge in [0.05, 0.1) is 12.8 Å². The number of carbonyl (C=O) groups is 1. The van der Waals surface area contributed by atoms with Gasteiger partial charge in [-0.15, -0.1) is 0 Å². The van der Waals surface area contributed by atoms with Crippen molar-refractivity contribution < 1.29 is 9.53 Å². The number of carbonyl (C=O) groups excluding carboxylic acids is 1. The number of fused-ring (bicyclic) bond motifs is 1. The van der Waals surface area contributed by atoms with Gasteiger partial charge in [-0.25, -0.2) is 0 Å². The second kappa shape index (κ2) is 3.77. The predicted octanol–water partition coefficient (Wildman–Crippen LogP) is 2.82. The summed E-state index contributed by atoms with van der Waals surface area (Å²) in [6, 6.07) is 9.74. The van der Waals surface area contributed by atoms with Gasteiger partial charge < -0.3 is 9.72 Å². The first-order valence-corrected chi connectivity index (χ1v) is 5.68. The van der Waals surface area contributed by atoms with Gasteiger partial charge in [-0.3, -0.25) is 4.79 Å². The van der Waals surface area contributed by atoms with E-state index in [1.54, 1.807) is 7.11 Å². The number of methoxy groups -OCH3 is 1. The molecule has 1 N–H and O–H groups in total. The Morgan fingerprint density at radius 1 is 1.18 bits per heavy atom. The summed E-state index contributed by atoms with van der Waals surface area (Å²) in [7, 11) is 1.65. The zero-order chi connectivity index (χ0) is 11.8. The molecule has 0 atom stereocenters. The van der Waals surface area contributed by atoms with Crippen molar-refractivity contribution in [2.75, 3.05) is 7.11 Å². The van der Waals surface area contributed by atoms with E-state index in [0.29, 0.717) is 6.42 Å². The van der Waals surface area contributed by atoms with Crippen molar-refractivity contribution in [2.24, 2.45) is 0 Å². The third-order valence-electron chi connectivity index (χ3n) is 3.20. The summed E-state index contributed by atoms with van der Waals surface area (Å²) in [5.74, 6) is 1.05. The molecule has 1 aliphatic rings. The number of nitrogens with one attached hydrogen (secondary N) is 1. The van der Waals surface area contributed by atoms with E-state index in [1.807, 2.05) is 30.3 Å². The molecule has 0 bridgehead atoms. The first-order chi connectivity index (χ1) is 8.29. The van der Waals surface area contributed by atoms with Crippen molar-refractivity contribution in [3.63, 3.8) is 0 Å². The van der Waals surface area contributed by atoms with Gasteiger partial charge in [0.25, 0.3) is 0 Å². The highest BCUT2D eigenvalue weighted by atomic mass is 16.5. The lowest BCUT2D eigenvalue weighted by molar-refractivity contribution is 0.0994. The molecule has 0 unspecified atom stereocenters. The Hall–Kier alpha value is -2.03. The van der Waals surface area contributed by atoms with Crippen molar-refractivity contribution >= 4 is 5.78 Å². The maximum absolute atomic E-state index is 11.6. The molecule has 2 aromatic rings. The van der Waals surface area contributed by atoms with Crippen LogP contribution in [0.1, 0.15) is 22.5 Å². The Morgan fingerprint density at radius 2 is 2.00 bits per heavy atom. The molecule has 0 saturated carbocycles. The molecule has 17 heavy (non-hydrogen) atoms. The number of benzene rings is 1. The SMILES string of the molecule is COc1ccccc1-c1cc2c([nH]1)CCC2=O. The molecule has 3 heteroatoms. The normalized spacial score (nSPS) is 13.8. The average Bonchev–Trinajstić information content (AvgIpc) is 2.92. The number of H-pyrrole nitrogens is 1. The van der Waals surface area contributed by atoms with E-state index < -0.39 is 0 Å². The second-order valence-electron chi connectivity index (χ2n) is 4.20. The minimum Gasteiger partial charge on any atom is -0.496 e. The van der Waals surface area contributed by atoms with Gasteiger partial charge in [0.1, 0.15) is 5.75 Å². The first kappa shape index (κ1) is 10.1. The molecule has 0 aliphatic heterocycles. The lowest BCUT2D eigenvalue weighted by Gasteiger charge is -2.06. The third kappa shape index (κ3) is 1.55. The number of Topliss-reactive ketones (excluding diaryl/α,β-unsaturated/α-hetero) is 1. The standard InChI is InChI=1S/C14H13NO2/c1-17-14-5-3-2-4-9(14)12-8-10-11(15-12)6-7-13(10)16/h2-5,8,15H,6-7H2,1H3. The van der Waals surface area contributed by atoms with Gasteiger partial charge in [0, 0.05) is 23.2 Å². The Kier molecular flexibility index (Phi) is 2.25. The van der Waals surface area contributed by atoms with Crippen LogP contribution >= 0.6 is 0 Å². The maximum Gasteiger partial charge on any atom is 0.165 e. The molecular formula is C14H13NO2. The van der Waals surface area contributed by atoms with Gasteiger partial charge in [-0.2, -0.15) is 0 Å². The molecule has 3 rings (SSSR count). The number of rotatable bonds is 2. The van der Waals surface area contributed by atoms with Crippen LogP contribution in [-0.2, 0) is 6.42 Å². The van der Waals surface area contributed by atoms with Gasteiger partial charge in [-0.05, 0) is 24.6 Å². The Balaban J connectivity index is 2.10. The van der Waals surface area contributed by atoms with Crippen molar-refractivity contribution in [1.82, 2.24) is 4.98 Å². The average molecular weight is 227 g/mol. The van der Waals surface area contributed by atoms with Crippen LogP contribution in [0.3, 0.4) is 0 Å². The van der Waals surface area contributed by atoms with Gasteiger partial charge >= 0.3 is 0 Å². The summed E-state index contributed by atoms with van der Waals surface area (Å²) in [5.41, 5.74) is 3.85. The third-order valence-corrected chi connectivity index (χ3v) is 3.20. The number of hydrogen-bond donors (Lipinski definition) is 1. The maximum atomic E-state index is 11.6. The van der Waals surface area contributed by atoms with Gasteiger partial charge in [0.15, 0.2) is 5.78 Å². The van der Waals surface area contributed by atoms with E-state index >= 15 is 0 Å². The van der Waals surface area contributed by atoms with E-state index in [4.69, 9.17) is 4.74 Å². The van der Waals surface area contributed by atoms with E-state index in [9.17, 15) is 4.79 Å². The highest BCUT2D eigenvalue weighted by Crippen LogP contribution is 2.32. The topological polar surface area (TPSA) is 42.1 Å². The van der Waals surface area contributed by atoms with E-state index in [1.165, 1.54) is 0 Å². The highest BCUT2D eigenvalue weighted by molar-refractivity contribution is 6.01. The summed E-state index contributed by atoms with van der Waals surface area (Å²) >= 11 is 0. The summed E-state index contributed by atoms with van der Waals surface area (Å²) in [6.45, 7) is 0. The minimum absolute atomic E-state index is 0.234. The first-order valence-electron chi connectivity index (χ1n) is 5.68. The number of ketones is 1. The number of para-hydroxylation sites is 1. The van der Waals surface area contributed by atoms with Crippen molar-refractivity contribution in [3.8, 4) is 17.0 Å². The zero-order valence-electron chi connectivity index (χ0n) is 9.62. The van der Waals surface area contributed by atoms with Crippen LogP contribution in [0.2, 0.25) is 0 Å². The minimum atomic E-state index is 0.234. The van der Waals surface area contributed by atoms with Gasteiger partial charge in [0.2, 0.25) is 0 Å². The van der Waals surface area contributed by atoms with E-state index in [0.717, 1.165) is 34.7 Å². The molecule has 0 amide bonds. The monoisotopic (exact) mass is 227 g/mol. The quantitative estimate of drug-likeness (QED) is 0.857. The second-order valence-corrected chi connectivity index (χ2v) is 4.20. The van der Waals surface area contributed by atoms with Crippen LogP contribution < -0.4 is 4.74 Å². The van der Waals surface area contributed by atoms with Crippen LogP contribution in [0.15, 0.2) is 30.3 Å². The molecule has 0 radical (unpaired) electrons. The van der Waals surface area contributed by atoms with E-state index in [2.05, 4.69) is 4.98 Å². The fourth-order valence-electron chi connectivity index (χ4n) is 2.33.